The summed E-state index contributed by atoms with van der Waals surface area (Å²) in [6.45, 7) is 0. The molecule has 9 heteroatoms. The number of aryl methyl sites for hydroxylation is 1. The third-order valence-electron chi connectivity index (χ3n) is 4.02. The van der Waals surface area contributed by atoms with Gasteiger partial charge in [0.15, 0.2) is 11.6 Å². The van der Waals surface area contributed by atoms with Gasteiger partial charge in [-0.3, -0.25) is 9.89 Å². The molecule has 3 aromatic rings. The van der Waals surface area contributed by atoms with Crippen molar-refractivity contribution in [3.63, 3.8) is 0 Å². The number of carbonyl (C=O) groups excluding carboxylic acids is 1. The summed E-state index contributed by atoms with van der Waals surface area (Å²) in [5.74, 6) is -0.978. The predicted octanol–water partition coefficient (Wildman–Crippen LogP) is 1.86. The molecule has 1 heterocycles. The van der Waals surface area contributed by atoms with E-state index in [1.807, 2.05) is 0 Å². The summed E-state index contributed by atoms with van der Waals surface area (Å²) < 4.78 is 35.4. The van der Waals surface area contributed by atoms with Crippen molar-refractivity contribution < 1.29 is 17.6 Å². The van der Waals surface area contributed by atoms with E-state index in [4.69, 9.17) is 10.9 Å². The number of halogens is 1. The van der Waals surface area contributed by atoms with Gasteiger partial charge in [0.1, 0.15) is 5.82 Å². The van der Waals surface area contributed by atoms with Gasteiger partial charge >= 0.3 is 0 Å². The summed E-state index contributed by atoms with van der Waals surface area (Å²) in [7, 11) is -3.60. The first kappa shape index (κ1) is 18.7. The Labute approximate surface area is 155 Å². The molecule has 27 heavy (non-hydrogen) atoms. The maximum Gasteiger partial charge on any atom is 0.209 e. The molecular formula is C18H17FN4O3S. The van der Waals surface area contributed by atoms with E-state index in [1.165, 1.54) is 24.3 Å². The Balaban J connectivity index is 1.95. The number of ketones is 1. The Morgan fingerprint density at radius 3 is 2.52 bits per heavy atom. The van der Waals surface area contributed by atoms with E-state index in [2.05, 4.69) is 10.2 Å². The van der Waals surface area contributed by atoms with Crippen LogP contribution < -0.4 is 10.9 Å². The Morgan fingerprint density at radius 1 is 1.15 bits per heavy atom. The molecule has 7 nitrogen and oxygen atoms in total. The van der Waals surface area contributed by atoms with Gasteiger partial charge in [-0.1, -0.05) is 18.2 Å². The smallest absolute Gasteiger partial charge is 0.209 e. The molecule has 3 rings (SSSR count). The molecule has 0 aliphatic heterocycles. The normalized spacial score (nSPS) is 11.5. The van der Waals surface area contributed by atoms with Gasteiger partial charge in [0, 0.05) is 11.1 Å². The van der Waals surface area contributed by atoms with E-state index >= 15 is 0 Å². The largest absolute Gasteiger partial charge is 0.382 e. The zero-order valence-corrected chi connectivity index (χ0v) is 15.0. The van der Waals surface area contributed by atoms with Gasteiger partial charge in [-0.05, 0) is 42.3 Å². The molecule has 5 N–H and O–H groups in total. The second kappa shape index (κ2) is 7.29. The van der Waals surface area contributed by atoms with E-state index in [0.29, 0.717) is 22.4 Å². The molecule has 140 valence electrons. The fraction of sp³-hybridized carbons (Fsp3) is 0.111. The molecule has 0 fully saturated rings. The second-order valence-electron chi connectivity index (χ2n) is 6.01. The van der Waals surface area contributed by atoms with Crippen LogP contribution in [0, 0.1) is 5.82 Å². The Hall–Kier alpha value is -3.04. The lowest BCUT2D eigenvalue weighted by molar-refractivity contribution is 0.104. The van der Waals surface area contributed by atoms with Gasteiger partial charge in [-0.25, -0.2) is 17.9 Å². The van der Waals surface area contributed by atoms with E-state index in [0.717, 1.165) is 0 Å². The van der Waals surface area contributed by atoms with Gasteiger partial charge in [0.2, 0.25) is 10.0 Å². The number of H-pyrrole nitrogens is 1. The lowest BCUT2D eigenvalue weighted by atomic mass is 9.98. The van der Waals surface area contributed by atoms with Crippen LogP contribution in [-0.2, 0) is 16.4 Å². The number of nitrogen functional groups attached to an aromatic ring is 1. The second-order valence-corrected chi connectivity index (χ2v) is 7.75. The number of benzene rings is 2. The molecule has 0 radical (unpaired) electrons. The first-order chi connectivity index (χ1) is 12.7. The molecule has 0 saturated carbocycles. The fourth-order valence-electron chi connectivity index (χ4n) is 2.68. The Kier molecular flexibility index (Phi) is 5.06. The highest BCUT2D eigenvalue weighted by Crippen LogP contribution is 2.28. The number of primary sulfonamides is 1. The zero-order chi connectivity index (χ0) is 19.6. The quantitative estimate of drug-likeness (QED) is 0.555. The van der Waals surface area contributed by atoms with Crippen LogP contribution in [0.2, 0.25) is 0 Å². The third kappa shape index (κ3) is 4.39. The average Bonchev–Trinajstić information content (AvgIpc) is 3.01. The van der Waals surface area contributed by atoms with Crippen molar-refractivity contribution in [1.29, 1.82) is 0 Å². The van der Waals surface area contributed by atoms with E-state index in [1.54, 1.807) is 24.3 Å². The van der Waals surface area contributed by atoms with Crippen LogP contribution in [-0.4, -0.2) is 30.2 Å². The van der Waals surface area contributed by atoms with Gasteiger partial charge in [-0.2, -0.15) is 5.10 Å². The maximum absolute atomic E-state index is 13.2. The van der Waals surface area contributed by atoms with Crippen LogP contribution in [0.1, 0.15) is 21.5 Å². The predicted molar refractivity (Wildman–Crippen MR) is 99.9 cm³/mol. The van der Waals surface area contributed by atoms with Crippen molar-refractivity contribution in [2.75, 3.05) is 11.5 Å². The van der Waals surface area contributed by atoms with E-state index < -0.39 is 15.8 Å². The van der Waals surface area contributed by atoms with Gasteiger partial charge in [-0.15, -0.1) is 0 Å². The van der Waals surface area contributed by atoms with Crippen molar-refractivity contribution >= 4 is 21.6 Å². The van der Waals surface area contributed by atoms with Crippen molar-refractivity contribution in [3.05, 3.63) is 71.0 Å². The fourth-order valence-corrected chi connectivity index (χ4v) is 3.20. The highest BCUT2D eigenvalue weighted by molar-refractivity contribution is 7.89. The molecule has 0 saturated heterocycles. The first-order valence-electron chi connectivity index (χ1n) is 7.98. The Bertz CT molecular complexity index is 1090. The summed E-state index contributed by atoms with van der Waals surface area (Å²) in [6.07, 6.45) is 0.186. The number of hydrogen-bond acceptors (Lipinski definition) is 5. The number of hydrogen-bond donors (Lipinski definition) is 3. The SMILES string of the molecule is Nc1n[nH]c(-c2ccc(F)cc2)c1C(=O)c1cccc(CCS(N)(=O)=O)c1. The number of aromatic amines is 1. The number of nitrogens with two attached hydrogens (primary N) is 2. The molecule has 0 aliphatic rings. The standard InChI is InChI=1S/C18H17FN4O3S/c19-14-6-4-12(5-7-14)16-15(18(20)23-22-16)17(24)13-3-1-2-11(10-13)8-9-27(21,25)26/h1-7,10H,8-9H2,(H3,20,22,23)(H2,21,25,26). The number of aromatic nitrogens is 2. The van der Waals surface area contributed by atoms with Crippen molar-refractivity contribution in [2.45, 2.75) is 6.42 Å². The van der Waals surface area contributed by atoms with Crippen molar-refractivity contribution in [2.24, 2.45) is 5.14 Å². The van der Waals surface area contributed by atoms with Gasteiger partial charge < -0.3 is 5.73 Å². The molecule has 0 aliphatic carbocycles. The van der Waals surface area contributed by atoms with Crippen LogP contribution in [0.25, 0.3) is 11.3 Å². The number of sulfonamides is 1. The minimum atomic E-state index is -3.60. The first-order valence-corrected chi connectivity index (χ1v) is 9.70. The highest BCUT2D eigenvalue weighted by Gasteiger charge is 2.21. The number of nitrogens with zero attached hydrogens (tertiary/aromatic N) is 1. The van der Waals surface area contributed by atoms with Gasteiger partial charge in [0.25, 0.3) is 0 Å². The van der Waals surface area contributed by atoms with Crippen LogP contribution in [0.15, 0.2) is 48.5 Å². The lowest BCUT2D eigenvalue weighted by Crippen LogP contribution is -2.18. The topological polar surface area (TPSA) is 132 Å². The van der Waals surface area contributed by atoms with Crippen molar-refractivity contribution in [3.8, 4) is 11.3 Å². The summed E-state index contributed by atoms with van der Waals surface area (Å²) in [5.41, 5.74) is 7.97. The van der Waals surface area contributed by atoms with Crippen LogP contribution >= 0.6 is 0 Å². The monoisotopic (exact) mass is 388 g/mol. The van der Waals surface area contributed by atoms with Gasteiger partial charge in [0.05, 0.1) is 17.0 Å². The minimum Gasteiger partial charge on any atom is -0.382 e. The van der Waals surface area contributed by atoms with E-state index in [-0.39, 0.29) is 29.3 Å². The molecule has 0 unspecified atom stereocenters. The third-order valence-corrected chi connectivity index (χ3v) is 4.79. The molecular weight excluding hydrogens is 371 g/mol. The molecule has 0 amide bonds. The lowest BCUT2D eigenvalue weighted by Gasteiger charge is -2.06. The molecule has 0 spiro atoms. The zero-order valence-electron chi connectivity index (χ0n) is 14.1. The molecule has 2 aromatic carbocycles. The van der Waals surface area contributed by atoms with Crippen LogP contribution in [0.5, 0.6) is 0 Å². The average molecular weight is 388 g/mol. The van der Waals surface area contributed by atoms with Crippen LogP contribution in [0.3, 0.4) is 0 Å². The molecule has 0 atom stereocenters. The number of rotatable bonds is 6. The minimum absolute atomic E-state index is 0.0225. The number of nitrogens with one attached hydrogen (secondary N) is 1. The highest BCUT2D eigenvalue weighted by atomic mass is 32.2. The molecule has 1 aromatic heterocycles. The molecule has 0 bridgehead atoms. The van der Waals surface area contributed by atoms with E-state index in [9.17, 15) is 17.6 Å². The van der Waals surface area contributed by atoms with Crippen molar-refractivity contribution in [1.82, 2.24) is 10.2 Å². The Morgan fingerprint density at radius 2 is 1.85 bits per heavy atom. The van der Waals surface area contributed by atoms with Crippen LogP contribution in [0.4, 0.5) is 10.2 Å². The summed E-state index contributed by atoms with van der Waals surface area (Å²) in [6, 6.07) is 12.1. The summed E-state index contributed by atoms with van der Waals surface area (Å²) in [4.78, 5) is 13.0. The number of anilines is 1. The maximum atomic E-state index is 13.2. The summed E-state index contributed by atoms with van der Waals surface area (Å²) >= 11 is 0. The summed E-state index contributed by atoms with van der Waals surface area (Å²) in [5, 5.41) is 11.6. The number of carbonyl (C=O) groups is 1.